The molecule has 1 aliphatic heterocycles. The number of nitrogens with one attached hydrogen (secondary N) is 1. The lowest BCUT2D eigenvalue weighted by molar-refractivity contribution is 0.0674. The van der Waals surface area contributed by atoms with Crippen molar-refractivity contribution in [3.8, 4) is 11.5 Å². The Kier molecular flexibility index (Phi) is 4.81. The van der Waals surface area contributed by atoms with Gasteiger partial charge in [0.1, 0.15) is 5.69 Å². The number of H-pyrrole nitrogens is 1. The van der Waals surface area contributed by atoms with E-state index in [1.165, 1.54) is 18.3 Å². The summed E-state index contributed by atoms with van der Waals surface area (Å²) in [6, 6.07) is 8.22. The molecule has 1 aromatic carbocycles. The molecule has 7 nitrogen and oxygen atoms in total. The van der Waals surface area contributed by atoms with Crippen LogP contribution in [0.5, 0.6) is 11.5 Å². The summed E-state index contributed by atoms with van der Waals surface area (Å²) in [5.41, 5.74) is 0.938. The molecule has 0 saturated carbocycles. The fourth-order valence-corrected chi connectivity index (χ4v) is 2.45. The summed E-state index contributed by atoms with van der Waals surface area (Å²) in [5, 5.41) is 0. The Morgan fingerprint density at radius 3 is 2.88 bits per heavy atom. The van der Waals surface area contributed by atoms with Crippen LogP contribution >= 0.6 is 0 Å². The quantitative estimate of drug-likeness (QED) is 0.866. The van der Waals surface area contributed by atoms with E-state index in [1.807, 2.05) is 18.2 Å². The van der Waals surface area contributed by atoms with Crippen LogP contribution in [0.3, 0.4) is 0 Å². The van der Waals surface area contributed by atoms with Crippen LogP contribution < -0.4 is 14.9 Å². The Morgan fingerprint density at radius 1 is 1.25 bits per heavy atom. The van der Waals surface area contributed by atoms with E-state index in [1.54, 1.807) is 12.0 Å². The third-order valence-corrected chi connectivity index (χ3v) is 3.67. The minimum Gasteiger partial charge on any atom is -0.454 e. The van der Waals surface area contributed by atoms with E-state index in [4.69, 9.17) is 14.2 Å². The highest BCUT2D eigenvalue weighted by atomic mass is 16.7. The minimum atomic E-state index is -0.262. The Hall–Kier alpha value is -2.80. The van der Waals surface area contributed by atoms with Crippen LogP contribution in [0, 0.1) is 0 Å². The Bertz CT molecular complexity index is 787. The second kappa shape index (κ2) is 7.18. The van der Waals surface area contributed by atoms with Gasteiger partial charge in [-0.15, -0.1) is 0 Å². The number of fused-ring (bicyclic) bond motifs is 1. The lowest BCUT2D eigenvalue weighted by atomic mass is 10.1. The molecule has 0 fully saturated rings. The van der Waals surface area contributed by atoms with Gasteiger partial charge in [-0.3, -0.25) is 9.59 Å². The molecule has 0 aliphatic carbocycles. The molecule has 1 amide bonds. The molecular weight excluding hydrogens is 312 g/mol. The van der Waals surface area contributed by atoms with E-state index in [2.05, 4.69) is 4.98 Å². The molecule has 2 aromatic rings. The number of nitrogens with zero attached hydrogens (tertiary/aromatic N) is 1. The van der Waals surface area contributed by atoms with Gasteiger partial charge in [0.2, 0.25) is 6.79 Å². The number of amides is 1. The van der Waals surface area contributed by atoms with Gasteiger partial charge in [0.05, 0.1) is 6.61 Å². The summed E-state index contributed by atoms with van der Waals surface area (Å²) in [7, 11) is 1.58. The molecular formula is C17H18N2O5. The largest absolute Gasteiger partial charge is 0.454 e. The van der Waals surface area contributed by atoms with Crippen molar-refractivity contribution in [2.75, 3.05) is 27.1 Å². The van der Waals surface area contributed by atoms with Crippen molar-refractivity contribution in [1.29, 1.82) is 0 Å². The Balaban J connectivity index is 1.81. The highest BCUT2D eigenvalue weighted by molar-refractivity contribution is 5.92. The zero-order valence-corrected chi connectivity index (χ0v) is 13.3. The zero-order valence-electron chi connectivity index (χ0n) is 13.3. The van der Waals surface area contributed by atoms with Gasteiger partial charge in [0.25, 0.3) is 5.91 Å². The fraction of sp³-hybridized carbons (Fsp3) is 0.294. The summed E-state index contributed by atoms with van der Waals surface area (Å²) in [6.07, 6.45) is 1.46. The normalized spacial score (nSPS) is 12.2. The lowest BCUT2D eigenvalue weighted by Crippen LogP contribution is -2.34. The number of methoxy groups -OCH3 is 1. The molecule has 0 spiro atoms. The van der Waals surface area contributed by atoms with Gasteiger partial charge in [-0.1, -0.05) is 6.07 Å². The van der Waals surface area contributed by atoms with Crippen LogP contribution in [0.2, 0.25) is 0 Å². The first-order valence-electron chi connectivity index (χ1n) is 7.53. The van der Waals surface area contributed by atoms with Crippen molar-refractivity contribution in [3.63, 3.8) is 0 Å². The third kappa shape index (κ3) is 3.57. The first-order valence-corrected chi connectivity index (χ1v) is 7.53. The summed E-state index contributed by atoms with van der Waals surface area (Å²) in [4.78, 5) is 28.6. The van der Waals surface area contributed by atoms with Crippen molar-refractivity contribution in [1.82, 2.24) is 9.88 Å². The van der Waals surface area contributed by atoms with Crippen LogP contribution in [-0.2, 0) is 11.3 Å². The molecule has 24 heavy (non-hydrogen) atoms. The highest BCUT2D eigenvalue weighted by Gasteiger charge is 2.19. The van der Waals surface area contributed by atoms with Crippen molar-refractivity contribution in [3.05, 3.63) is 58.0 Å². The van der Waals surface area contributed by atoms with Gasteiger partial charge >= 0.3 is 0 Å². The van der Waals surface area contributed by atoms with Crippen LogP contribution in [0.4, 0.5) is 0 Å². The first kappa shape index (κ1) is 16.1. The predicted molar refractivity (Wildman–Crippen MR) is 86.2 cm³/mol. The van der Waals surface area contributed by atoms with Crippen LogP contribution in [0.15, 0.2) is 41.3 Å². The van der Waals surface area contributed by atoms with Gasteiger partial charge in [0.15, 0.2) is 16.9 Å². The first-order chi connectivity index (χ1) is 11.7. The maximum absolute atomic E-state index is 12.7. The molecule has 0 bridgehead atoms. The minimum absolute atomic E-state index is 0.205. The van der Waals surface area contributed by atoms with Gasteiger partial charge in [-0.05, 0) is 17.7 Å². The molecule has 0 atom stereocenters. The number of ether oxygens (including phenoxy) is 3. The standard InChI is InChI=1S/C17H18N2O5/c1-22-7-6-19(17(21)14-9-13(20)4-5-18-14)10-12-2-3-15-16(8-12)24-11-23-15/h2-5,8-9H,6-7,10-11H2,1H3,(H,18,20). The number of aromatic nitrogens is 1. The number of aromatic amines is 1. The molecule has 0 radical (unpaired) electrons. The van der Waals surface area contributed by atoms with Crippen molar-refractivity contribution in [2.45, 2.75) is 6.54 Å². The molecule has 0 saturated heterocycles. The number of hydrogen-bond acceptors (Lipinski definition) is 5. The molecule has 0 unspecified atom stereocenters. The predicted octanol–water partition coefficient (Wildman–Crippen LogP) is 1.39. The van der Waals surface area contributed by atoms with E-state index in [9.17, 15) is 9.59 Å². The van der Waals surface area contributed by atoms with Crippen LogP contribution in [-0.4, -0.2) is 42.8 Å². The second-order valence-electron chi connectivity index (χ2n) is 5.35. The number of carbonyl (C=O) groups is 1. The maximum Gasteiger partial charge on any atom is 0.270 e. The third-order valence-electron chi connectivity index (χ3n) is 3.67. The number of rotatable bonds is 6. The molecule has 3 rings (SSSR count). The molecule has 1 aromatic heterocycles. The van der Waals surface area contributed by atoms with E-state index < -0.39 is 0 Å². The van der Waals surface area contributed by atoms with E-state index >= 15 is 0 Å². The zero-order chi connectivity index (χ0) is 16.9. The van der Waals surface area contributed by atoms with Gasteiger partial charge < -0.3 is 24.1 Å². The van der Waals surface area contributed by atoms with Crippen molar-refractivity contribution >= 4 is 5.91 Å². The number of carbonyl (C=O) groups excluding carboxylic acids is 1. The van der Waals surface area contributed by atoms with Gasteiger partial charge in [0, 0.05) is 38.5 Å². The van der Waals surface area contributed by atoms with Crippen molar-refractivity contribution < 1.29 is 19.0 Å². The maximum atomic E-state index is 12.7. The number of benzene rings is 1. The summed E-state index contributed by atoms with van der Waals surface area (Å²) >= 11 is 0. The number of hydrogen-bond donors (Lipinski definition) is 1. The van der Waals surface area contributed by atoms with E-state index in [0.29, 0.717) is 31.2 Å². The molecule has 7 heteroatoms. The average Bonchev–Trinajstić information content (AvgIpc) is 3.05. The van der Waals surface area contributed by atoms with E-state index in [0.717, 1.165) is 5.56 Å². The SMILES string of the molecule is COCCN(Cc1ccc2c(c1)OCO2)C(=O)c1cc(=O)cc[nH]1. The fourth-order valence-electron chi connectivity index (χ4n) is 2.45. The van der Waals surface area contributed by atoms with E-state index in [-0.39, 0.29) is 23.8 Å². The van der Waals surface area contributed by atoms with Crippen molar-refractivity contribution in [2.24, 2.45) is 0 Å². The molecule has 2 heterocycles. The molecule has 126 valence electrons. The summed E-state index contributed by atoms with van der Waals surface area (Å²) in [6.45, 7) is 1.38. The average molecular weight is 330 g/mol. The van der Waals surface area contributed by atoms with Gasteiger partial charge in [-0.2, -0.15) is 0 Å². The lowest BCUT2D eigenvalue weighted by Gasteiger charge is -2.22. The van der Waals surface area contributed by atoms with Gasteiger partial charge in [-0.25, -0.2) is 0 Å². The smallest absolute Gasteiger partial charge is 0.270 e. The summed E-state index contributed by atoms with van der Waals surface area (Å²) < 4.78 is 15.7. The highest BCUT2D eigenvalue weighted by Crippen LogP contribution is 2.32. The topological polar surface area (TPSA) is 80.9 Å². The Morgan fingerprint density at radius 2 is 2.08 bits per heavy atom. The molecule has 1 aliphatic rings. The monoisotopic (exact) mass is 330 g/mol. The number of pyridine rings is 1. The molecule has 1 N–H and O–H groups in total. The Labute approximate surface area is 138 Å². The second-order valence-corrected chi connectivity index (χ2v) is 5.35. The summed E-state index contributed by atoms with van der Waals surface area (Å²) in [5.74, 6) is 1.10. The van der Waals surface area contributed by atoms with Crippen LogP contribution in [0.1, 0.15) is 16.1 Å². The van der Waals surface area contributed by atoms with Crippen LogP contribution in [0.25, 0.3) is 0 Å².